The predicted octanol–water partition coefficient (Wildman–Crippen LogP) is 2.92. The number of hydrogen-bond donors (Lipinski definition) is 5. The molecule has 0 saturated heterocycles. The number of carbonyl (C=O) groups is 3. The Morgan fingerprint density at radius 3 is 2.26 bits per heavy atom. The van der Waals surface area contributed by atoms with E-state index in [9.17, 15) is 14.4 Å². The Hall–Kier alpha value is -3.66. The number of rotatable bonds is 10. The van der Waals surface area contributed by atoms with Gasteiger partial charge in [0.25, 0.3) is 11.8 Å². The van der Waals surface area contributed by atoms with Crippen LogP contribution in [0, 0.1) is 5.41 Å². The summed E-state index contributed by atoms with van der Waals surface area (Å²) in [4.78, 5) is 38.8. The highest BCUT2D eigenvalue weighted by molar-refractivity contribution is 6.39. The van der Waals surface area contributed by atoms with E-state index in [0.29, 0.717) is 12.2 Å². The number of carbonyl (C=O) groups excluding carboxylic acids is 3. The Balaban J connectivity index is 1.97. The highest BCUT2D eigenvalue weighted by Gasteiger charge is 2.18. The summed E-state index contributed by atoms with van der Waals surface area (Å²) in [6.07, 6.45) is 3.97. The molecule has 0 spiro atoms. The van der Waals surface area contributed by atoms with E-state index in [2.05, 4.69) is 16.0 Å². The quantitative estimate of drug-likeness (QED) is 0.244. The number of nitrogens with zero attached hydrogens (tertiary/aromatic N) is 1. The molecule has 2 aromatic rings. The van der Waals surface area contributed by atoms with E-state index in [-0.39, 0.29) is 39.5 Å². The van der Waals surface area contributed by atoms with Crippen molar-refractivity contribution in [2.45, 2.75) is 6.54 Å². The van der Waals surface area contributed by atoms with Crippen LogP contribution in [0.25, 0.3) is 0 Å². The molecule has 9 nitrogen and oxygen atoms in total. The van der Waals surface area contributed by atoms with Crippen molar-refractivity contribution in [3.05, 3.63) is 87.2 Å². The summed E-state index contributed by atoms with van der Waals surface area (Å²) in [5.74, 6) is -1.63. The summed E-state index contributed by atoms with van der Waals surface area (Å²) < 4.78 is 0. The van der Waals surface area contributed by atoms with E-state index in [1.165, 1.54) is 18.2 Å². The third kappa shape index (κ3) is 8.56. The molecule has 2 rings (SSSR count). The lowest BCUT2D eigenvalue weighted by molar-refractivity contribution is -0.117. The normalized spacial score (nSPS) is 11.7. The van der Waals surface area contributed by atoms with E-state index >= 15 is 0 Å². The van der Waals surface area contributed by atoms with Crippen LogP contribution in [0.3, 0.4) is 0 Å². The second-order valence-electron chi connectivity index (χ2n) is 7.56. The maximum Gasteiger partial charge on any atom is 0.269 e. The maximum absolute atomic E-state index is 12.5. The Morgan fingerprint density at radius 1 is 1.06 bits per heavy atom. The van der Waals surface area contributed by atoms with Crippen LogP contribution >= 0.6 is 23.2 Å². The number of nitrogens with one attached hydrogen (secondary N) is 4. The molecule has 11 heteroatoms. The molecular weight excluding hydrogens is 491 g/mol. The monoisotopic (exact) mass is 516 g/mol. The highest BCUT2D eigenvalue weighted by atomic mass is 35.5. The van der Waals surface area contributed by atoms with E-state index < -0.39 is 11.8 Å². The fourth-order valence-electron chi connectivity index (χ4n) is 2.74. The Labute approximate surface area is 213 Å². The van der Waals surface area contributed by atoms with Gasteiger partial charge in [-0.1, -0.05) is 47.5 Å². The van der Waals surface area contributed by atoms with Crippen molar-refractivity contribution in [2.75, 3.05) is 26.0 Å². The van der Waals surface area contributed by atoms with Crippen LogP contribution in [0.15, 0.2) is 66.0 Å². The summed E-state index contributed by atoms with van der Waals surface area (Å²) >= 11 is 12.1. The molecule has 0 fully saturated rings. The van der Waals surface area contributed by atoms with Crippen molar-refractivity contribution < 1.29 is 14.4 Å². The van der Waals surface area contributed by atoms with Crippen LogP contribution in [0.4, 0.5) is 5.69 Å². The van der Waals surface area contributed by atoms with Gasteiger partial charge in [-0.2, -0.15) is 0 Å². The lowest BCUT2D eigenvalue weighted by Crippen LogP contribution is -2.34. The van der Waals surface area contributed by atoms with Gasteiger partial charge < -0.3 is 32.0 Å². The Kier molecular flexibility index (Phi) is 10.5. The molecule has 0 atom stereocenters. The van der Waals surface area contributed by atoms with Crippen LogP contribution in [0.2, 0.25) is 10.0 Å². The molecule has 0 aliphatic heterocycles. The molecule has 0 heterocycles. The molecular formula is C24H26Cl2N6O3. The minimum absolute atomic E-state index is 0.00348. The van der Waals surface area contributed by atoms with Crippen molar-refractivity contribution in [2.24, 2.45) is 5.73 Å². The summed E-state index contributed by atoms with van der Waals surface area (Å²) in [7, 11) is 3.81. The number of anilines is 1. The lowest BCUT2D eigenvalue weighted by Gasteiger charge is -2.12. The second kappa shape index (κ2) is 13.3. The SMILES string of the molecule is CN(C)C/C=C/C(=O)Nc1ccc(CNC(=O)/C(N)=C(/C=N)NC(=O)c2c(Cl)cccc2Cl)cc1. The number of benzene rings is 2. The van der Waals surface area contributed by atoms with Crippen molar-refractivity contribution in [3.8, 4) is 0 Å². The largest absolute Gasteiger partial charge is 0.393 e. The van der Waals surface area contributed by atoms with Gasteiger partial charge in [-0.3, -0.25) is 14.4 Å². The molecule has 0 aliphatic carbocycles. The van der Waals surface area contributed by atoms with Gasteiger partial charge in [0.1, 0.15) is 5.70 Å². The second-order valence-corrected chi connectivity index (χ2v) is 8.37. The standard InChI is InChI=1S/C24H26Cl2N6O3/c1-32(2)12-4-7-20(33)30-16-10-8-15(9-11-16)14-29-24(35)22(28)19(13-27)31-23(34)21-17(25)5-3-6-18(21)26/h3-11,13,27H,12,14,28H2,1-2H3,(H,29,35)(H,30,33)(H,31,34)/b7-4+,22-19+,27-13?. The van der Waals surface area contributed by atoms with E-state index in [0.717, 1.165) is 11.8 Å². The van der Waals surface area contributed by atoms with Gasteiger partial charge in [0.2, 0.25) is 5.91 Å². The fraction of sp³-hybridized carbons (Fsp3) is 0.167. The first-order chi connectivity index (χ1) is 16.6. The molecule has 0 aliphatic rings. The van der Waals surface area contributed by atoms with Crippen LogP contribution in [-0.4, -0.2) is 49.5 Å². The number of halogens is 2. The number of nitrogens with two attached hydrogens (primary N) is 1. The van der Waals surface area contributed by atoms with Gasteiger partial charge in [-0.15, -0.1) is 0 Å². The number of amides is 3. The molecule has 3 amide bonds. The molecule has 6 N–H and O–H groups in total. The van der Waals surface area contributed by atoms with Crippen molar-refractivity contribution in [3.63, 3.8) is 0 Å². The Morgan fingerprint density at radius 2 is 1.69 bits per heavy atom. The van der Waals surface area contributed by atoms with Crippen LogP contribution in [-0.2, 0) is 16.1 Å². The van der Waals surface area contributed by atoms with Crippen molar-refractivity contribution in [1.29, 1.82) is 5.41 Å². The van der Waals surface area contributed by atoms with Gasteiger partial charge in [-0.25, -0.2) is 0 Å². The van der Waals surface area contributed by atoms with Gasteiger partial charge in [0.15, 0.2) is 0 Å². The minimum atomic E-state index is -0.705. The van der Waals surface area contributed by atoms with Gasteiger partial charge in [-0.05, 0) is 43.9 Å². The average molecular weight is 517 g/mol. The van der Waals surface area contributed by atoms with Crippen LogP contribution < -0.4 is 21.7 Å². The van der Waals surface area contributed by atoms with E-state index in [4.69, 9.17) is 34.3 Å². The predicted molar refractivity (Wildman–Crippen MR) is 139 cm³/mol. The van der Waals surface area contributed by atoms with Gasteiger partial charge >= 0.3 is 0 Å². The van der Waals surface area contributed by atoms with Gasteiger partial charge in [0.05, 0.1) is 21.3 Å². The maximum atomic E-state index is 12.5. The van der Waals surface area contributed by atoms with E-state index in [1.54, 1.807) is 36.4 Å². The summed E-state index contributed by atoms with van der Waals surface area (Å²) in [6, 6.07) is 11.4. The molecule has 35 heavy (non-hydrogen) atoms. The lowest BCUT2D eigenvalue weighted by atomic mass is 10.2. The number of likely N-dealkylation sites (N-methyl/N-ethyl adjacent to an activating group) is 1. The molecule has 2 aromatic carbocycles. The fourth-order valence-corrected chi connectivity index (χ4v) is 3.31. The molecule has 0 bridgehead atoms. The number of hydrogen-bond acceptors (Lipinski definition) is 6. The van der Waals surface area contributed by atoms with E-state index in [1.807, 2.05) is 19.0 Å². The topological polar surface area (TPSA) is 140 Å². The molecule has 0 saturated carbocycles. The first kappa shape index (κ1) is 27.6. The smallest absolute Gasteiger partial charge is 0.269 e. The van der Waals surface area contributed by atoms with Crippen LogP contribution in [0.5, 0.6) is 0 Å². The molecule has 184 valence electrons. The zero-order valence-electron chi connectivity index (χ0n) is 19.2. The molecule has 0 aromatic heterocycles. The average Bonchev–Trinajstić information content (AvgIpc) is 2.81. The minimum Gasteiger partial charge on any atom is -0.393 e. The van der Waals surface area contributed by atoms with Crippen molar-refractivity contribution >= 4 is 52.8 Å². The first-order valence-corrected chi connectivity index (χ1v) is 11.1. The summed E-state index contributed by atoms with van der Waals surface area (Å²) in [5, 5.41) is 15.5. The zero-order valence-corrected chi connectivity index (χ0v) is 20.7. The third-order valence-electron chi connectivity index (χ3n) is 4.53. The summed E-state index contributed by atoms with van der Waals surface area (Å²) in [6.45, 7) is 0.785. The third-order valence-corrected chi connectivity index (χ3v) is 5.16. The summed E-state index contributed by atoms with van der Waals surface area (Å²) in [5.41, 5.74) is 6.65. The van der Waals surface area contributed by atoms with Crippen LogP contribution in [0.1, 0.15) is 15.9 Å². The molecule has 0 radical (unpaired) electrons. The zero-order chi connectivity index (χ0) is 26.0. The number of allylic oxidation sites excluding steroid dienone is 1. The van der Waals surface area contributed by atoms with Gasteiger partial charge in [0, 0.05) is 31.1 Å². The van der Waals surface area contributed by atoms with Crippen molar-refractivity contribution in [1.82, 2.24) is 15.5 Å². The highest BCUT2D eigenvalue weighted by Crippen LogP contribution is 2.24. The first-order valence-electron chi connectivity index (χ1n) is 10.4. The molecule has 0 unspecified atom stereocenters. The Bertz CT molecular complexity index is 1140.